The number of hydrogen-bond donors (Lipinski definition) is 0. The Morgan fingerprint density at radius 1 is 1.03 bits per heavy atom. The van der Waals surface area contributed by atoms with E-state index in [9.17, 15) is 9.59 Å². The monoisotopic (exact) mass is 476 g/mol. The van der Waals surface area contributed by atoms with Crippen LogP contribution < -0.4 is 4.90 Å². The summed E-state index contributed by atoms with van der Waals surface area (Å²) in [5.41, 5.74) is 2.64. The number of fused-ring (bicyclic) bond motifs is 1. The van der Waals surface area contributed by atoms with Crippen LogP contribution in [0.5, 0.6) is 0 Å². The van der Waals surface area contributed by atoms with Crippen molar-refractivity contribution in [2.45, 2.75) is 56.5 Å². The van der Waals surface area contributed by atoms with Crippen molar-refractivity contribution in [3.05, 3.63) is 60.0 Å². The van der Waals surface area contributed by atoms with Crippen molar-refractivity contribution in [2.75, 3.05) is 11.2 Å². The van der Waals surface area contributed by atoms with Crippen molar-refractivity contribution in [3.63, 3.8) is 0 Å². The highest BCUT2D eigenvalue weighted by Crippen LogP contribution is 2.37. The Hall–Kier alpha value is -3.13. The maximum atomic E-state index is 13.6. The lowest BCUT2D eigenvalue weighted by Gasteiger charge is -2.46. The van der Waals surface area contributed by atoms with Crippen molar-refractivity contribution >= 4 is 29.4 Å². The molecule has 0 spiro atoms. The number of anilines is 1. The summed E-state index contributed by atoms with van der Waals surface area (Å²) >= 11 is 1.67. The Bertz CT molecular complexity index is 1180. The van der Waals surface area contributed by atoms with Gasteiger partial charge in [-0.2, -0.15) is 4.98 Å². The fraction of sp³-hybridized carbons (Fsp3) is 0.385. The number of carbonyl (C=O) groups excluding carboxylic acids is 2. The molecule has 2 fully saturated rings. The molecular formula is C26H28N4O3S. The molecule has 3 aromatic rings. The van der Waals surface area contributed by atoms with Gasteiger partial charge in [-0.05, 0) is 67.5 Å². The first-order valence-electron chi connectivity index (χ1n) is 11.8. The van der Waals surface area contributed by atoms with Gasteiger partial charge in [-0.3, -0.25) is 4.79 Å². The van der Waals surface area contributed by atoms with Gasteiger partial charge >= 0.3 is 6.03 Å². The highest BCUT2D eigenvalue weighted by Gasteiger charge is 2.48. The predicted octanol–water partition coefficient (Wildman–Crippen LogP) is 5.55. The van der Waals surface area contributed by atoms with Gasteiger partial charge in [-0.1, -0.05) is 37.1 Å². The summed E-state index contributed by atoms with van der Waals surface area (Å²) in [6, 6.07) is 15.2. The molecule has 1 aliphatic heterocycles. The zero-order chi connectivity index (χ0) is 23.7. The molecule has 1 saturated carbocycles. The van der Waals surface area contributed by atoms with Crippen molar-refractivity contribution in [1.29, 1.82) is 0 Å². The van der Waals surface area contributed by atoms with Gasteiger partial charge in [-0.15, -0.1) is 11.8 Å². The number of benzene rings is 2. The topological polar surface area (TPSA) is 79.5 Å². The highest BCUT2D eigenvalue weighted by molar-refractivity contribution is 7.98. The van der Waals surface area contributed by atoms with Gasteiger partial charge in [0.05, 0.1) is 11.6 Å². The average molecular weight is 477 g/mol. The first-order valence-corrected chi connectivity index (χ1v) is 13.0. The second-order valence-electron chi connectivity index (χ2n) is 8.80. The number of hydrogen-bond acceptors (Lipinski definition) is 6. The predicted molar refractivity (Wildman–Crippen MR) is 132 cm³/mol. The van der Waals surface area contributed by atoms with Gasteiger partial charge in [0, 0.05) is 16.5 Å². The number of urea groups is 1. The summed E-state index contributed by atoms with van der Waals surface area (Å²) in [6.45, 7) is 2.27. The average Bonchev–Trinajstić information content (AvgIpc) is 3.36. The molecule has 0 N–H and O–H groups in total. The zero-order valence-electron chi connectivity index (χ0n) is 19.4. The summed E-state index contributed by atoms with van der Waals surface area (Å²) in [5.74, 6) is 0.557. The largest absolute Gasteiger partial charge is 0.337 e. The van der Waals surface area contributed by atoms with Crippen molar-refractivity contribution < 1.29 is 14.1 Å². The number of thioether (sulfide) groups is 1. The fourth-order valence-electron chi connectivity index (χ4n) is 4.93. The highest BCUT2D eigenvalue weighted by atomic mass is 32.2. The molecule has 1 aromatic heterocycles. The summed E-state index contributed by atoms with van der Waals surface area (Å²) in [6.07, 6.45) is 6.52. The van der Waals surface area contributed by atoms with Crippen LogP contribution in [0.3, 0.4) is 0 Å². The van der Waals surface area contributed by atoms with E-state index in [2.05, 4.69) is 17.1 Å². The summed E-state index contributed by atoms with van der Waals surface area (Å²) in [5, 5.41) is 4.14. The lowest BCUT2D eigenvalue weighted by atomic mass is 9.81. The smallest absolute Gasteiger partial charge is 0.332 e. The first kappa shape index (κ1) is 22.7. The normalized spacial score (nSPS) is 20.5. The number of carbonyl (C=O) groups is 2. The number of amides is 3. The van der Waals surface area contributed by atoms with E-state index < -0.39 is 0 Å². The van der Waals surface area contributed by atoms with E-state index in [1.165, 1.54) is 4.90 Å². The molecule has 8 heteroatoms. The molecule has 2 heterocycles. The molecule has 2 atom stereocenters. The minimum atomic E-state index is -0.318. The third-order valence-corrected chi connectivity index (χ3v) is 7.57. The minimum Gasteiger partial charge on any atom is -0.337 e. The summed E-state index contributed by atoms with van der Waals surface area (Å²) < 4.78 is 5.54. The standard InChI is InChI=1S/C26H28N4O3S/c1-3-17-8-12-19(13-9-17)30-25(31)21-6-4-5-7-22(21)29(26(30)32)16-23-27-24(28-33-23)18-10-14-20(34-2)15-11-18/h8-15,21-22H,3-7,16H2,1-2H3. The quantitative estimate of drug-likeness (QED) is 0.434. The Labute approximate surface area is 203 Å². The summed E-state index contributed by atoms with van der Waals surface area (Å²) in [7, 11) is 0. The zero-order valence-corrected chi connectivity index (χ0v) is 20.3. The maximum absolute atomic E-state index is 13.6. The maximum Gasteiger partial charge on any atom is 0.332 e. The van der Waals surface area contributed by atoms with Gasteiger partial charge in [0.25, 0.3) is 0 Å². The van der Waals surface area contributed by atoms with Crippen LogP contribution in [-0.4, -0.2) is 39.3 Å². The van der Waals surface area contributed by atoms with Gasteiger partial charge in [0.2, 0.25) is 17.6 Å². The first-order chi connectivity index (χ1) is 16.6. The second-order valence-corrected chi connectivity index (χ2v) is 9.68. The minimum absolute atomic E-state index is 0.102. The van der Waals surface area contributed by atoms with Gasteiger partial charge in [0.1, 0.15) is 6.54 Å². The molecule has 7 nitrogen and oxygen atoms in total. The SMILES string of the molecule is CCc1ccc(N2C(=O)C3CCCCC3N(Cc3nc(-c4ccc(SC)cc4)no3)C2=O)cc1. The van der Waals surface area contributed by atoms with E-state index in [0.717, 1.165) is 48.1 Å². The third kappa shape index (κ3) is 4.22. The van der Waals surface area contributed by atoms with Crippen LogP contribution in [0, 0.1) is 5.92 Å². The number of aryl methyl sites for hydroxylation is 1. The Balaban J connectivity index is 1.42. The third-order valence-electron chi connectivity index (χ3n) is 6.83. The molecule has 3 amide bonds. The molecule has 1 saturated heterocycles. The van der Waals surface area contributed by atoms with Crippen LogP contribution in [-0.2, 0) is 17.8 Å². The van der Waals surface area contributed by atoms with E-state index >= 15 is 0 Å². The van der Waals surface area contributed by atoms with E-state index in [1.807, 2.05) is 54.8 Å². The molecular weight excluding hydrogens is 448 g/mol. The van der Waals surface area contributed by atoms with Crippen LogP contribution in [0.1, 0.15) is 44.1 Å². The van der Waals surface area contributed by atoms with Crippen molar-refractivity contribution in [1.82, 2.24) is 15.0 Å². The molecule has 2 aromatic carbocycles. The van der Waals surface area contributed by atoms with Crippen LogP contribution in [0.4, 0.5) is 10.5 Å². The van der Waals surface area contributed by atoms with Gasteiger partial charge in [0.15, 0.2) is 0 Å². The second kappa shape index (κ2) is 9.62. The van der Waals surface area contributed by atoms with E-state index in [4.69, 9.17) is 4.52 Å². The van der Waals surface area contributed by atoms with Crippen molar-refractivity contribution in [2.24, 2.45) is 5.92 Å². The lowest BCUT2D eigenvalue weighted by Crippen LogP contribution is -2.62. The molecule has 0 radical (unpaired) electrons. The lowest BCUT2D eigenvalue weighted by molar-refractivity contribution is -0.127. The van der Waals surface area contributed by atoms with Crippen molar-refractivity contribution in [3.8, 4) is 11.4 Å². The Morgan fingerprint density at radius 2 is 1.76 bits per heavy atom. The van der Waals surface area contributed by atoms with Crippen LogP contribution in [0.25, 0.3) is 11.4 Å². The molecule has 2 aliphatic rings. The van der Waals surface area contributed by atoms with Gasteiger partial charge < -0.3 is 9.42 Å². The van der Waals surface area contributed by atoms with E-state index in [-0.39, 0.29) is 30.4 Å². The van der Waals surface area contributed by atoms with Gasteiger partial charge in [-0.25, -0.2) is 9.69 Å². The fourth-order valence-corrected chi connectivity index (χ4v) is 5.34. The molecule has 176 valence electrons. The molecule has 34 heavy (non-hydrogen) atoms. The molecule has 0 bridgehead atoms. The van der Waals surface area contributed by atoms with Crippen LogP contribution >= 0.6 is 11.8 Å². The molecule has 5 rings (SSSR count). The van der Waals surface area contributed by atoms with Crippen LogP contribution in [0.2, 0.25) is 0 Å². The number of nitrogens with zero attached hydrogens (tertiary/aromatic N) is 4. The Kier molecular flexibility index (Phi) is 6.41. The molecule has 1 aliphatic carbocycles. The molecule has 2 unspecified atom stereocenters. The van der Waals surface area contributed by atoms with E-state index in [0.29, 0.717) is 17.4 Å². The van der Waals surface area contributed by atoms with E-state index in [1.54, 1.807) is 16.7 Å². The van der Waals surface area contributed by atoms with Crippen LogP contribution in [0.15, 0.2) is 57.9 Å². The number of aromatic nitrogens is 2. The number of imide groups is 1. The Morgan fingerprint density at radius 3 is 2.47 bits per heavy atom. The number of rotatable bonds is 6. The summed E-state index contributed by atoms with van der Waals surface area (Å²) in [4.78, 5) is 35.8.